The molecule has 1 aromatic rings. The van der Waals surface area contributed by atoms with E-state index in [2.05, 4.69) is 15.9 Å². The van der Waals surface area contributed by atoms with Crippen LogP contribution in [0.1, 0.15) is 25.5 Å². The number of carbonyl (C=O) groups is 1. The molecule has 0 fully saturated rings. The average Bonchev–Trinajstić information content (AvgIpc) is 2.15. The van der Waals surface area contributed by atoms with Crippen molar-refractivity contribution in [1.29, 1.82) is 0 Å². The largest absolute Gasteiger partial charge is 0.366 e. The lowest BCUT2D eigenvalue weighted by Crippen LogP contribution is -2.07. The molecule has 0 bridgehead atoms. The first-order valence-corrected chi connectivity index (χ1v) is 5.25. The molecular weight excluding hydrogens is 244 g/mol. The highest BCUT2D eigenvalue weighted by Crippen LogP contribution is 2.19. The van der Waals surface area contributed by atoms with Gasteiger partial charge in [-0.05, 0) is 31.5 Å². The summed E-state index contributed by atoms with van der Waals surface area (Å²) in [5.41, 5.74) is 1.08. The summed E-state index contributed by atoms with van der Waals surface area (Å²) in [5, 5.41) is 0. The van der Waals surface area contributed by atoms with Crippen LogP contribution in [0.2, 0.25) is 0 Å². The van der Waals surface area contributed by atoms with Gasteiger partial charge in [0, 0.05) is 4.47 Å². The SMILES string of the molecule is CC(=O)COC(C)c1ccc(Br)cc1. The van der Waals surface area contributed by atoms with Gasteiger partial charge >= 0.3 is 0 Å². The summed E-state index contributed by atoms with van der Waals surface area (Å²) in [6, 6.07) is 7.88. The third-order valence-corrected chi connectivity index (χ3v) is 2.40. The molecule has 0 aliphatic heterocycles. The molecule has 0 aliphatic rings. The Labute approximate surface area is 92.4 Å². The van der Waals surface area contributed by atoms with Crippen molar-refractivity contribution in [1.82, 2.24) is 0 Å². The van der Waals surface area contributed by atoms with Gasteiger partial charge in [0.15, 0.2) is 5.78 Å². The number of ether oxygens (including phenoxy) is 1. The van der Waals surface area contributed by atoms with E-state index in [1.807, 2.05) is 31.2 Å². The number of carbonyl (C=O) groups excluding carboxylic acids is 1. The van der Waals surface area contributed by atoms with E-state index in [4.69, 9.17) is 4.74 Å². The second kappa shape index (κ2) is 5.27. The topological polar surface area (TPSA) is 26.3 Å². The lowest BCUT2D eigenvalue weighted by Gasteiger charge is -2.11. The molecule has 14 heavy (non-hydrogen) atoms. The van der Waals surface area contributed by atoms with Crippen LogP contribution >= 0.6 is 15.9 Å². The van der Waals surface area contributed by atoms with E-state index in [9.17, 15) is 4.79 Å². The molecule has 2 nitrogen and oxygen atoms in total. The van der Waals surface area contributed by atoms with Crippen LogP contribution in [0.25, 0.3) is 0 Å². The van der Waals surface area contributed by atoms with E-state index in [0.717, 1.165) is 10.0 Å². The molecule has 1 atom stereocenters. The van der Waals surface area contributed by atoms with Crippen LogP contribution in [0.3, 0.4) is 0 Å². The Balaban J connectivity index is 2.56. The summed E-state index contributed by atoms with van der Waals surface area (Å²) in [5.74, 6) is 0.0500. The second-order valence-electron chi connectivity index (χ2n) is 3.21. The number of rotatable bonds is 4. The number of benzene rings is 1. The van der Waals surface area contributed by atoms with Crippen molar-refractivity contribution in [3.05, 3.63) is 34.3 Å². The second-order valence-corrected chi connectivity index (χ2v) is 4.12. The number of Topliss-reactive ketones (excluding diaryl/α,β-unsaturated/α-hetero) is 1. The number of ketones is 1. The number of hydrogen-bond acceptors (Lipinski definition) is 2. The predicted octanol–water partition coefficient (Wildman–Crippen LogP) is 3.12. The van der Waals surface area contributed by atoms with Crippen molar-refractivity contribution >= 4 is 21.7 Å². The highest BCUT2D eigenvalue weighted by atomic mass is 79.9. The maximum absolute atomic E-state index is 10.7. The standard InChI is InChI=1S/C11H13BrO2/c1-8(13)7-14-9(2)10-3-5-11(12)6-4-10/h3-6,9H,7H2,1-2H3. The maximum atomic E-state index is 10.7. The van der Waals surface area contributed by atoms with Gasteiger partial charge < -0.3 is 4.74 Å². The molecule has 1 unspecified atom stereocenters. The minimum Gasteiger partial charge on any atom is -0.366 e. The average molecular weight is 257 g/mol. The molecule has 1 aromatic carbocycles. The molecule has 1 rings (SSSR count). The van der Waals surface area contributed by atoms with Gasteiger partial charge in [0.25, 0.3) is 0 Å². The molecular formula is C11H13BrO2. The normalized spacial score (nSPS) is 12.5. The van der Waals surface area contributed by atoms with Crippen LogP contribution in [0, 0.1) is 0 Å². The molecule has 0 saturated carbocycles. The first kappa shape index (κ1) is 11.4. The smallest absolute Gasteiger partial charge is 0.155 e. The zero-order valence-electron chi connectivity index (χ0n) is 8.29. The van der Waals surface area contributed by atoms with Crippen molar-refractivity contribution in [2.45, 2.75) is 20.0 Å². The van der Waals surface area contributed by atoms with E-state index in [1.165, 1.54) is 6.92 Å². The number of hydrogen-bond donors (Lipinski definition) is 0. The van der Waals surface area contributed by atoms with Crippen LogP contribution in [0.15, 0.2) is 28.7 Å². The van der Waals surface area contributed by atoms with E-state index < -0.39 is 0 Å². The fourth-order valence-electron chi connectivity index (χ4n) is 1.07. The Bertz CT molecular complexity index is 306. The Kier molecular flexibility index (Phi) is 4.29. The molecule has 76 valence electrons. The van der Waals surface area contributed by atoms with Gasteiger partial charge in [-0.25, -0.2) is 0 Å². The molecule has 0 radical (unpaired) electrons. The minimum atomic E-state index is -0.0352. The molecule has 0 heterocycles. The van der Waals surface area contributed by atoms with Gasteiger partial charge in [0.1, 0.15) is 6.61 Å². The Morgan fingerprint density at radius 2 is 2.00 bits per heavy atom. The summed E-state index contributed by atoms with van der Waals surface area (Å²) >= 11 is 3.36. The molecule has 0 aliphatic carbocycles. The van der Waals surface area contributed by atoms with E-state index in [1.54, 1.807) is 0 Å². The summed E-state index contributed by atoms with van der Waals surface area (Å²) in [4.78, 5) is 10.7. The third kappa shape index (κ3) is 3.60. The summed E-state index contributed by atoms with van der Waals surface area (Å²) in [6.45, 7) is 3.64. The first-order chi connectivity index (χ1) is 6.59. The van der Waals surface area contributed by atoms with Crippen LogP contribution in [0.4, 0.5) is 0 Å². The molecule has 0 amide bonds. The van der Waals surface area contributed by atoms with Crippen LogP contribution in [-0.2, 0) is 9.53 Å². The van der Waals surface area contributed by atoms with Crippen molar-refractivity contribution in [3.63, 3.8) is 0 Å². The lowest BCUT2D eigenvalue weighted by molar-refractivity contribution is -0.123. The van der Waals surface area contributed by atoms with E-state index in [-0.39, 0.29) is 18.5 Å². The van der Waals surface area contributed by atoms with E-state index >= 15 is 0 Å². The van der Waals surface area contributed by atoms with Crippen molar-refractivity contribution in [2.24, 2.45) is 0 Å². The molecule has 0 aromatic heterocycles. The van der Waals surface area contributed by atoms with Gasteiger partial charge in [-0.3, -0.25) is 4.79 Å². The van der Waals surface area contributed by atoms with Crippen molar-refractivity contribution < 1.29 is 9.53 Å². The maximum Gasteiger partial charge on any atom is 0.155 e. The zero-order chi connectivity index (χ0) is 10.6. The highest BCUT2D eigenvalue weighted by molar-refractivity contribution is 9.10. The van der Waals surface area contributed by atoms with Gasteiger partial charge in [0.05, 0.1) is 6.10 Å². The summed E-state index contributed by atoms with van der Waals surface area (Å²) in [6.07, 6.45) is -0.0352. The Morgan fingerprint density at radius 3 is 2.50 bits per heavy atom. The Hall–Kier alpha value is -0.670. The zero-order valence-corrected chi connectivity index (χ0v) is 9.87. The first-order valence-electron chi connectivity index (χ1n) is 4.46. The summed E-state index contributed by atoms with van der Waals surface area (Å²) < 4.78 is 6.41. The summed E-state index contributed by atoms with van der Waals surface area (Å²) in [7, 11) is 0. The number of halogens is 1. The third-order valence-electron chi connectivity index (χ3n) is 1.88. The van der Waals surface area contributed by atoms with Crippen molar-refractivity contribution in [3.8, 4) is 0 Å². The molecule has 0 saturated heterocycles. The van der Waals surface area contributed by atoms with Gasteiger partial charge in [-0.15, -0.1) is 0 Å². The Morgan fingerprint density at radius 1 is 1.43 bits per heavy atom. The fraction of sp³-hybridized carbons (Fsp3) is 0.364. The molecule has 0 spiro atoms. The van der Waals surface area contributed by atoms with Gasteiger partial charge in [0.2, 0.25) is 0 Å². The van der Waals surface area contributed by atoms with E-state index in [0.29, 0.717) is 0 Å². The molecule has 0 N–H and O–H groups in total. The fourth-order valence-corrected chi connectivity index (χ4v) is 1.34. The van der Waals surface area contributed by atoms with Gasteiger partial charge in [-0.1, -0.05) is 28.1 Å². The van der Waals surface area contributed by atoms with Crippen LogP contribution in [0.5, 0.6) is 0 Å². The minimum absolute atomic E-state index is 0.0352. The monoisotopic (exact) mass is 256 g/mol. The van der Waals surface area contributed by atoms with Crippen LogP contribution in [-0.4, -0.2) is 12.4 Å². The highest BCUT2D eigenvalue weighted by Gasteiger charge is 2.06. The quantitative estimate of drug-likeness (QED) is 0.828. The lowest BCUT2D eigenvalue weighted by atomic mass is 10.1. The molecule has 3 heteroatoms. The van der Waals surface area contributed by atoms with Gasteiger partial charge in [-0.2, -0.15) is 0 Å². The predicted molar refractivity (Wildman–Crippen MR) is 59.2 cm³/mol. The van der Waals surface area contributed by atoms with Crippen molar-refractivity contribution in [2.75, 3.05) is 6.61 Å². The van der Waals surface area contributed by atoms with Crippen LogP contribution < -0.4 is 0 Å².